The van der Waals surface area contributed by atoms with Crippen LogP contribution in [0.2, 0.25) is 0 Å². The molecular weight excluding hydrogens is 326 g/mol. The average Bonchev–Trinajstić information content (AvgIpc) is 2.40. The maximum atomic E-state index is 12.3. The Labute approximate surface area is 129 Å². The number of anilines is 1. The van der Waals surface area contributed by atoms with E-state index in [4.69, 9.17) is 0 Å². The molecule has 0 saturated heterocycles. The van der Waals surface area contributed by atoms with Gasteiger partial charge in [0, 0.05) is 6.26 Å². The molecule has 2 aromatic rings. The van der Waals surface area contributed by atoms with Gasteiger partial charge in [-0.3, -0.25) is 4.72 Å². The summed E-state index contributed by atoms with van der Waals surface area (Å²) in [5, 5.41) is 9.73. The summed E-state index contributed by atoms with van der Waals surface area (Å²) in [6.45, 7) is 1.82. The van der Waals surface area contributed by atoms with Gasteiger partial charge in [-0.05, 0) is 37.3 Å². The Morgan fingerprint density at radius 1 is 0.909 bits per heavy atom. The van der Waals surface area contributed by atoms with Crippen LogP contribution in [0.3, 0.4) is 0 Å². The van der Waals surface area contributed by atoms with Crippen LogP contribution in [0.5, 0.6) is 5.75 Å². The van der Waals surface area contributed by atoms with Gasteiger partial charge in [-0.2, -0.15) is 0 Å². The van der Waals surface area contributed by atoms with Crippen LogP contribution in [-0.2, 0) is 19.9 Å². The summed E-state index contributed by atoms with van der Waals surface area (Å²) in [7, 11) is -7.43. The molecule has 2 rings (SSSR count). The average molecular weight is 341 g/mol. The van der Waals surface area contributed by atoms with Crippen LogP contribution in [0, 0.1) is 6.92 Å². The molecule has 2 N–H and O–H groups in total. The van der Waals surface area contributed by atoms with Crippen LogP contribution in [0.4, 0.5) is 5.69 Å². The van der Waals surface area contributed by atoms with Crippen molar-refractivity contribution in [2.45, 2.75) is 16.7 Å². The van der Waals surface area contributed by atoms with Gasteiger partial charge in [-0.15, -0.1) is 0 Å². The number of sulfonamides is 1. The number of phenolic OH excluding ortho intramolecular Hbond substituents is 1. The van der Waals surface area contributed by atoms with E-state index in [1.165, 1.54) is 18.2 Å². The Morgan fingerprint density at radius 2 is 1.45 bits per heavy atom. The van der Waals surface area contributed by atoms with Crippen LogP contribution >= 0.6 is 0 Å². The van der Waals surface area contributed by atoms with E-state index in [9.17, 15) is 21.9 Å². The number of aromatic hydroxyl groups is 1. The second-order valence-electron chi connectivity index (χ2n) is 4.87. The highest BCUT2D eigenvalue weighted by Gasteiger charge is 2.18. The zero-order valence-corrected chi connectivity index (χ0v) is 13.6. The number of aryl methyl sites for hydroxylation is 1. The second-order valence-corrected chi connectivity index (χ2v) is 8.57. The minimum Gasteiger partial charge on any atom is -0.506 e. The number of hydrogen-bond donors (Lipinski definition) is 2. The monoisotopic (exact) mass is 341 g/mol. The lowest BCUT2D eigenvalue weighted by molar-refractivity contribution is 0.477. The molecular formula is C14H15NO5S2. The second kappa shape index (κ2) is 5.62. The Kier molecular flexibility index (Phi) is 4.17. The maximum absolute atomic E-state index is 12.3. The summed E-state index contributed by atoms with van der Waals surface area (Å²) >= 11 is 0. The Bertz CT molecular complexity index is 901. The Balaban J connectivity index is 2.43. The highest BCUT2D eigenvalue weighted by molar-refractivity contribution is 7.92. The van der Waals surface area contributed by atoms with Crippen molar-refractivity contribution >= 4 is 25.5 Å². The highest BCUT2D eigenvalue weighted by atomic mass is 32.2. The number of rotatable bonds is 4. The largest absolute Gasteiger partial charge is 0.506 e. The molecule has 8 heteroatoms. The molecule has 0 bridgehead atoms. The molecule has 2 aromatic carbocycles. The van der Waals surface area contributed by atoms with E-state index in [1.54, 1.807) is 12.1 Å². The van der Waals surface area contributed by atoms with Crippen LogP contribution in [-0.4, -0.2) is 28.2 Å². The molecule has 0 unspecified atom stereocenters. The summed E-state index contributed by atoms with van der Waals surface area (Å²) in [4.78, 5) is -0.0748. The van der Waals surface area contributed by atoms with E-state index in [-0.39, 0.29) is 21.2 Å². The maximum Gasteiger partial charge on any atom is 0.262 e. The number of nitrogens with one attached hydrogen (secondary N) is 1. The molecule has 0 aliphatic heterocycles. The first-order valence-corrected chi connectivity index (χ1v) is 9.59. The summed E-state index contributed by atoms with van der Waals surface area (Å²) in [6, 6.07) is 9.54. The van der Waals surface area contributed by atoms with Gasteiger partial charge in [0.1, 0.15) is 5.75 Å². The Morgan fingerprint density at radius 3 is 2.00 bits per heavy atom. The van der Waals surface area contributed by atoms with E-state index < -0.39 is 19.9 Å². The van der Waals surface area contributed by atoms with Crippen molar-refractivity contribution < 1.29 is 21.9 Å². The van der Waals surface area contributed by atoms with Gasteiger partial charge in [0.05, 0.1) is 15.5 Å². The standard InChI is InChI=1S/C14H15NO5S2/c1-10-3-5-11(6-4-10)22(19,20)15-13-9-12(21(2,17)18)7-8-14(13)16/h3-9,15-16H,1-2H3. The minimum atomic E-state index is -3.92. The van der Waals surface area contributed by atoms with Crippen molar-refractivity contribution in [3.8, 4) is 5.75 Å². The van der Waals surface area contributed by atoms with Gasteiger partial charge in [-0.25, -0.2) is 16.8 Å². The van der Waals surface area contributed by atoms with Crippen molar-refractivity contribution in [2.75, 3.05) is 11.0 Å². The molecule has 118 valence electrons. The van der Waals surface area contributed by atoms with Crippen molar-refractivity contribution in [3.05, 3.63) is 48.0 Å². The zero-order chi connectivity index (χ0) is 16.5. The summed E-state index contributed by atoms with van der Waals surface area (Å²) in [5.74, 6) is -0.358. The number of sulfone groups is 1. The normalized spacial score (nSPS) is 12.1. The van der Waals surface area contributed by atoms with E-state index >= 15 is 0 Å². The first-order chi connectivity index (χ1) is 10.1. The summed E-state index contributed by atoms with van der Waals surface area (Å²) in [5.41, 5.74) is 0.712. The van der Waals surface area contributed by atoms with Gasteiger partial charge in [0.2, 0.25) is 0 Å². The van der Waals surface area contributed by atoms with Gasteiger partial charge < -0.3 is 5.11 Å². The number of benzene rings is 2. The lowest BCUT2D eigenvalue weighted by Crippen LogP contribution is -2.13. The molecule has 0 aliphatic carbocycles. The van der Waals surface area contributed by atoms with E-state index in [0.29, 0.717) is 0 Å². The van der Waals surface area contributed by atoms with E-state index in [0.717, 1.165) is 24.0 Å². The first-order valence-electron chi connectivity index (χ1n) is 6.22. The quantitative estimate of drug-likeness (QED) is 0.827. The van der Waals surface area contributed by atoms with Crippen LogP contribution in [0.1, 0.15) is 5.56 Å². The SMILES string of the molecule is Cc1ccc(S(=O)(=O)Nc2cc(S(C)(=O)=O)ccc2O)cc1. The highest BCUT2D eigenvalue weighted by Crippen LogP contribution is 2.28. The fraction of sp³-hybridized carbons (Fsp3) is 0.143. The number of hydrogen-bond acceptors (Lipinski definition) is 5. The molecule has 0 aliphatic rings. The van der Waals surface area contributed by atoms with E-state index in [1.807, 2.05) is 6.92 Å². The van der Waals surface area contributed by atoms with Gasteiger partial charge >= 0.3 is 0 Å². The van der Waals surface area contributed by atoms with Crippen molar-refractivity contribution in [3.63, 3.8) is 0 Å². The molecule has 0 saturated carbocycles. The van der Waals surface area contributed by atoms with Crippen LogP contribution in [0.15, 0.2) is 52.3 Å². The molecule has 0 amide bonds. The molecule has 0 spiro atoms. The van der Waals surface area contributed by atoms with Crippen molar-refractivity contribution in [2.24, 2.45) is 0 Å². The molecule has 6 nitrogen and oxygen atoms in total. The predicted molar refractivity (Wildman–Crippen MR) is 83.2 cm³/mol. The lowest BCUT2D eigenvalue weighted by Gasteiger charge is -2.11. The molecule has 0 atom stereocenters. The van der Waals surface area contributed by atoms with Gasteiger partial charge in [0.15, 0.2) is 9.84 Å². The van der Waals surface area contributed by atoms with Gasteiger partial charge in [-0.1, -0.05) is 17.7 Å². The number of phenols is 1. The Hall–Kier alpha value is -2.06. The fourth-order valence-corrected chi connectivity index (χ4v) is 3.46. The van der Waals surface area contributed by atoms with Crippen molar-refractivity contribution in [1.82, 2.24) is 0 Å². The molecule has 0 heterocycles. The first kappa shape index (κ1) is 16.3. The molecule has 0 aromatic heterocycles. The zero-order valence-electron chi connectivity index (χ0n) is 11.9. The minimum absolute atomic E-state index is 0.0160. The third-order valence-corrected chi connectivity index (χ3v) is 5.46. The topological polar surface area (TPSA) is 101 Å². The molecule has 22 heavy (non-hydrogen) atoms. The van der Waals surface area contributed by atoms with Crippen LogP contribution < -0.4 is 4.72 Å². The predicted octanol–water partition coefficient (Wildman–Crippen LogP) is 1.90. The smallest absolute Gasteiger partial charge is 0.262 e. The summed E-state index contributed by atoms with van der Waals surface area (Å²) < 4.78 is 49.7. The van der Waals surface area contributed by atoms with Gasteiger partial charge in [0.25, 0.3) is 10.0 Å². The fourth-order valence-electron chi connectivity index (χ4n) is 1.75. The lowest BCUT2D eigenvalue weighted by atomic mass is 10.2. The van der Waals surface area contributed by atoms with Crippen LogP contribution in [0.25, 0.3) is 0 Å². The van der Waals surface area contributed by atoms with E-state index in [2.05, 4.69) is 4.72 Å². The third-order valence-electron chi connectivity index (χ3n) is 2.97. The molecule has 0 radical (unpaired) electrons. The molecule has 0 fully saturated rings. The summed E-state index contributed by atoms with van der Waals surface area (Å²) in [6.07, 6.45) is 0.998. The third kappa shape index (κ3) is 3.58. The van der Waals surface area contributed by atoms with Crippen molar-refractivity contribution in [1.29, 1.82) is 0 Å².